The molecular formula is C23H34FN5O6. The lowest BCUT2D eigenvalue weighted by atomic mass is 9.70. The van der Waals surface area contributed by atoms with Gasteiger partial charge in [0.05, 0.1) is 12.2 Å². The van der Waals surface area contributed by atoms with Gasteiger partial charge in [0.15, 0.2) is 5.82 Å². The van der Waals surface area contributed by atoms with E-state index in [4.69, 9.17) is 9.47 Å². The number of nitrogens with one attached hydrogen (secondary N) is 3. The Bertz CT molecular complexity index is 952. The van der Waals surface area contributed by atoms with Gasteiger partial charge in [-0.3, -0.25) is 19.1 Å². The minimum absolute atomic E-state index is 0.0631. The summed E-state index contributed by atoms with van der Waals surface area (Å²) in [4.78, 5) is 51.4. The molecule has 3 rings (SSSR count). The molecule has 0 radical (unpaired) electrons. The first kappa shape index (κ1) is 26.6. The van der Waals surface area contributed by atoms with Gasteiger partial charge in [0.2, 0.25) is 11.7 Å². The molecule has 0 saturated heterocycles. The number of alkyl carbamates (subject to hydrolysis) is 1. The van der Waals surface area contributed by atoms with Crippen LogP contribution in [0.2, 0.25) is 0 Å². The minimum atomic E-state index is -1.62. The Balaban J connectivity index is 1.76. The number of methoxy groups -OCH3 is 1. The van der Waals surface area contributed by atoms with E-state index in [0.717, 1.165) is 0 Å². The molecule has 0 spiro atoms. The zero-order valence-corrected chi connectivity index (χ0v) is 20.6. The first-order valence-electron chi connectivity index (χ1n) is 11.8. The van der Waals surface area contributed by atoms with Crippen molar-refractivity contribution in [2.45, 2.75) is 88.3 Å². The van der Waals surface area contributed by atoms with E-state index < -0.39 is 47.0 Å². The van der Waals surface area contributed by atoms with Crippen molar-refractivity contribution in [3.8, 4) is 0 Å². The normalized spacial score (nSPS) is 23.8. The SMILES string of the molecule is COC1CC(NC(=O)[C@H](CC2(F)CCCC2)NC(=O)OC(C)C)(C(=O)C(=O)Nc2ccn(C)n2)C1. The second-order valence-electron chi connectivity index (χ2n) is 9.71. The van der Waals surface area contributed by atoms with E-state index in [9.17, 15) is 19.2 Å². The number of Topliss-reactive ketones (excluding diaryl/α,β-unsaturated/α-hetero) is 1. The third-order valence-electron chi connectivity index (χ3n) is 6.47. The lowest BCUT2D eigenvalue weighted by Gasteiger charge is -2.46. The van der Waals surface area contributed by atoms with E-state index in [1.165, 1.54) is 17.9 Å². The van der Waals surface area contributed by atoms with Crippen molar-refractivity contribution < 1.29 is 33.0 Å². The molecule has 2 fully saturated rings. The van der Waals surface area contributed by atoms with Crippen LogP contribution in [0.4, 0.5) is 15.0 Å². The zero-order valence-electron chi connectivity index (χ0n) is 20.6. The molecule has 1 aromatic heterocycles. The van der Waals surface area contributed by atoms with Crippen LogP contribution in [0.25, 0.3) is 0 Å². The molecule has 3 N–H and O–H groups in total. The number of rotatable bonds is 10. The van der Waals surface area contributed by atoms with Crippen LogP contribution in [0.1, 0.15) is 58.8 Å². The largest absolute Gasteiger partial charge is 0.447 e. The van der Waals surface area contributed by atoms with Crippen molar-refractivity contribution in [1.29, 1.82) is 0 Å². The average Bonchev–Trinajstić information content (AvgIpc) is 3.36. The number of alkyl halides is 1. The van der Waals surface area contributed by atoms with E-state index in [1.54, 1.807) is 27.1 Å². The van der Waals surface area contributed by atoms with Gasteiger partial charge < -0.3 is 25.4 Å². The summed E-state index contributed by atoms with van der Waals surface area (Å²) in [7, 11) is 3.13. The lowest BCUT2D eigenvalue weighted by molar-refractivity contribution is -0.149. The van der Waals surface area contributed by atoms with Gasteiger partial charge in [0.25, 0.3) is 5.91 Å². The highest BCUT2D eigenvalue weighted by molar-refractivity contribution is 6.44. The van der Waals surface area contributed by atoms with Crippen LogP contribution < -0.4 is 16.0 Å². The molecule has 3 amide bonds. The van der Waals surface area contributed by atoms with Crippen molar-refractivity contribution in [1.82, 2.24) is 20.4 Å². The number of ether oxygens (including phenoxy) is 2. The Morgan fingerprint density at radius 2 is 1.89 bits per heavy atom. The van der Waals surface area contributed by atoms with Crippen LogP contribution in [0.3, 0.4) is 0 Å². The second kappa shape index (κ2) is 10.7. The number of halogens is 1. The maximum Gasteiger partial charge on any atom is 0.408 e. The maximum atomic E-state index is 15.3. The fourth-order valence-corrected chi connectivity index (χ4v) is 4.60. The third-order valence-corrected chi connectivity index (χ3v) is 6.47. The summed E-state index contributed by atoms with van der Waals surface area (Å²) in [6.07, 6.45) is 1.75. The molecule has 12 heteroatoms. The predicted molar refractivity (Wildman–Crippen MR) is 123 cm³/mol. The predicted octanol–water partition coefficient (Wildman–Crippen LogP) is 1.77. The van der Waals surface area contributed by atoms with E-state index in [1.807, 2.05) is 0 Å². The highest BCUT2D eigenvalue weighted by Gasteiger charge is 2.54. The maximum absolute atomic E-state index is 15.3. The Hall–Kier alpha value is -3.02. The Morgan fingerprint density at radius 3 is 2.43 bits per heavy atom. The Labute approximate surface area is 203 Å². The van der Waals surface area contributed by atoms with Crippen LogP contribution in [0.15, 0.2) is 12.3 Å². The van der Waals surface area contributed by atoms with Gasteiger partial charge in [-0.05, 0) is 26.7 Å². The number of aryl methyl sites for hydroxylation is 1. The summed E-state index contributed by atoms with van der Waals surface area (Å²) in [6, 6.07) is 0.243. The van der Waals surface area contributed by atoms with Crippen LogP contribution in [0.5, 0.6) is 0 Å². The third kappa shape index (κ3) is 6.56. The van der Waals surface area contributed by atoms with Gasteiger partial charge in [-0.15, -0.1) is 0 Å². The smallest absolute Gasteiger partial charge is 0.408 e. The van der Waals surface area contributed by atoms with Gasteiger partial charge in [-0.2, -0.15) is 5.10 Å². The molecular weight excluding hydrogens is 461 g/mol. The van der Waals surface area contributed by atoms with E-state index in [-0.39, 0.29) is 44.0 Å². The van der Waals surface area contributed by atoms with Crippen molar-refractivity contribution in [3.05, 3.63) is 12.3 Å². The van der Waals surface area contributed by atoms with Crippen LogP contribution in [0, 0.1) is 0 Å². The Morgan fingerprint density at radius 1 is 1.23 bits per heavy atom. The quantitative estimate of drug-likeness (QED) is 0.420. The van der Waals surface area contributed by atoms with Gasteiger partial charge in [0.1, 0.15) is 17.2 Å². The number of hydrogen-bond donors (Lipinski definition) is 3. The van der Waals surface area contributed by atoms with Gasteiger partial charge >= 0.3 is 6.09 Å². The van der Waals surface area contributed by atoms with Crippen LogP contribution >= 0.6 is 0 Å². The van der Waals surface area contributed by atoms with E-state index in [0.29, 0.717) is 12.8 Å². The second-order valence-corrected chi connectivity index (χ2v) is 9.71. The average molecular weight is 496 g/mol. The molecule has 2 aliphatic rings. The van der Waals surface area contributed by atoms with Gasteiger partial charge in [-0.1, -0.05) is 12.8 Å². The number of anilines is 1. The first-order valence-corrected chi connectivity index (χ1v) is 11.8. The van der Waals surface area contributed by atoms with E-state index in [2.05, 4.69) is 21.0 Å². The molecule has 11 nitrogen and oxygen atoms in total. The monoisotopic (exact) mass is 495 g/mol. The summed E-state index contributed by atoms with van der Waals surface area (Å²) in [5, 5.41) is 11.5. The number of nitrogens with zero attached hydrogens (tertiary/aromatic N) is 2. The van der Waals surface area contributed by atoms with Crippen LogP contribution in [-0.4, -0.2) is 70.0 Å². The number of carbonyl (C=O) groups is 4. The zero-order chi connectivity index (χ0) is 25.8. The summed E-state index contributed by atoms with van der Waals surface area (Å²) >= 11 is 0. The fraction of sp³-hybridized carbons (Fsp3) is 0.696. The number of carbonyl (C=O) groups excluding carboxylic acids is 4. The summed E-state index contributed by atoms with van der Waals surface area (Å²) < 4.78 is 27.1. The Kier molecular flexibility index (Phi) is 8.14. The highest BCUT2D eigenvalue weighted by atomic mass is 19.1. The van der Waals surface area contributed by atoms with E-state index >= 15 is 4.39 Å². The molecule has 0 bridgehead atoms. The molecule has 0 aliphatic heterocycles. The molecule has 1 atom stereocenters. The molecule has 1 aromatic rings. The van der Waals surface area contributed by atoms with Crippen molar-refractivity contribution >= 4 is 29.5 Å². The fourth-order valence-electron chi connectivity index (χ4n) is 4.60. The molecule has 2 aliphatic carbocycles. The van der Waals surface area contributed by atoms with Gasteiger partial charge in [0, 0.05) is 45.7 Å². The molecule has 194 valence electrons. The minimum Gasteiger partial charge on any atom is -0.447 e. The first-order chi connectivity index (χ1) is 16.4. The van der Waals surface area contributed by atoms with Crippen molar-refractivity contribution in [2.24, 2.45) is 7.05 Å². The van der Waals surface area contributed by atoms with Crippen molar-refractivity contribution in [3.63, 3.8) is 0 Å². The summed E-state index contributed by atoms with van der Waals surface area (Å²) in [5.41, 5.74) is -3.16. The summed E-state index contributed by atoms with van der Waals surface area (Å²) in [6.45, 7) is 3.30. The van der Waals surface area contributed by atoms with Gasteiger partial charge in [-0.25, -0.2) is 9.18 Å². The standard InChI is InChI=1S/C23H34FN5O6/c1-14(2)35-21(33)25-16(13-22(24)8-5-6-9-22)19(31)27-23(11-15(12-23)34-4)18(30)20(32)26-17-7-10-29(3)28-17/h7,10,14-16H,5-6,8-9,11-13H2,1-4H3,(H,25,33)(H,27,31)(H,26,28,32)/t15?,16-,23?/m0/s1. The molecule has 1 heterocycles. The van der Waals surface area contributed by atoms with Crippen molar-refractivity contribution in [2.75, 3.05) is 12.4 Å². The number of amides is 3. The number of hydrogen-bond acceptors (Lipinski definition) is 7. The van der Waals surface area contributed by atoms with Crippen LogP contribution in [-0.2, 0) is 30.9 Å². The number of aromatic nitrogens is 2. The molecule has 35 heavy (non-hydrogen) atoms. The molecule has 2 saturated carbocycles. The summed E-state index contributed by atoms with van der Waals surface area (Å²) in [5.74, 6) is -2.39. The number of ketones is 1. The molecule has 0 aromatic carbocycles. The highest BCUT2D eigenvalue weighted by Crippen LogP contribution is 2.38. The topological polar surface area (TPSA) is 141 Å². The molecule has 0 unspecified atom stereocenters. The lowest BCUT2D eigenvalue weighted by Crippen LogP contribution is -2.69.